The van der Waals surface area contributed by atoms with Gasteiger partial charge in [0.15, 0.2) is 23.3 Å². The van der Waals surface area contributed by atoms with Gasteiger partial charge < -0.3 is 4.74 Å². The molecular formula is C13H15F4NO. The SMILES string of the molecule is Fc1cc(F)c(F)c(CCCN2CCOCC2)c1F. The molecule has 0 spiro atoms. The molecule has 0 radical (unpaired) electrons. The van der Waals surface area contributed by atoms with Crippen molar-refractivity contribution in [3.8, 4) is 0 Å². The van der Waals surface area contributed by atoms with Crippen molar-refractivity contribution in [3.63, 3.8) is 0 Å². The second-order valence-corrected chi connectivity index (χ2v) is 4.50. The maximum atomic E-state index is 13.4. The van der Waals surface area contributed by atoms with Crippen molar-refractivity contribution in [2.75, 3.05) is 32.8 Å². The summed E-state index contributed by atoms with van der Waals surface area (Å²) in [6.45, 7) is 3.43. The number of rotatable bonds is 4. The lowest BCUT2D eigenvalue weighted by molar-refractivity contribution is 0.0374. The monoisotopic (exact) mass is 277 g/mol. The number of benzene rings is 1. The maximum absolute atomic E-state index is 13.4. The van der Waals surface area contributed by atoms with Crippen LogP contribution in [0.2, 0.25) is 0 Å². The molecule has 1 aliphatic rings. The van der Waals surface area contributed by atoms with Gasteiger partial charge in [0.1, 0.15) is 0 Å². The largest absolute Gasteiger partial charge is 0.379 e. The molecule has 0 atom stereocenters. The minimum atomic E-state index is -1.35. The highest BCUT2D eigenvalue weighted by molar-refractivity contribution is 5.22. The van der Waals surface area contributed by atoms with Crippen molar-refractivity contribution in [2.45, 2.75) is 12.8 Å². The van der Waals surface area contributed by atoms with Gasteiger partial charge in [0.05, 0.1) is 13.2 Å². The van der Waals surface area contributed by atoms with Crippen LogP contribution in [-0.4, -0.2) is 37.7 Å². The van der Waals surface area contributed by atoms with Crippen LogP contribution < -0.4 is 0 Å². The highest BCUT2D eigenvalue weighted by Gasteiger charge is 2.19. The first-order chi connectivity index (χ1) is 9.09. The van der Waals surface area contributed by atoms with Gasteiger partial charge in [0.25, 0.3) is 0 Å². The molecule has 2 nitrogen and oxygen atoms in total. The fraction of sp³-hybridized carbons (Fsp3) is 0.538. The lowest BCUT2D eigenvalue weighted by Gasteiger charge is -2.26. The molecule has 0 aromatic heterocycles. The van der Waals surface area contributed by atoms with E-state index in [0.717, 1.165) is 13.1 Å². The summed E-state index contributed by atoms with van der Waals surface area (Å²) in [5, 5.41) is 0. The average Bonchev–Trinajstić information content (AvgIpc) is 2.42. The Balaban J connectivity index is 1.95. The van der Waals surface area contributed by atoms with Crippen molar-refractivity contribution >= 4 is 0 Å². The zero-order valence-corrected chi connectivity index (χ0v) is 10.4. The number of hydrogen-bond donors (Lipinski definition) is 0. The fourth-order valence-corrected chi connectivity index (χ4v) is 2.15. The van der Waals surface area contributed by atoms with E-state index in [1.807, 2.05) is 0 Å². The van der Waals surface area contributed by atoms with Crippen LogP contribution >= 0.6 is 0 Å². The average molecular weight is 277 g/mol. The van der Waals surface area contributed by atoms with Gasteiger partial charge in [-0.1, -0.05) is 0 Å². The zero-order valence-electron chi connectivity index (χ0n) is 10.4. The number of halogens is 4. The van der Waals surface area contributed by atoms with Gasteiger partial charge in [-0.05, 0) is 19.4 Å². The predicted octanol–water partition coefficient (Wildman–Crippen LogP) is 2.51. The van der Waals surface area contributed by atoms with Crippen LogP contribution in [0.5, 0.6) is 0 Å². The third kappa shape index (κ3) is 3.45. The highest BCUT2D eigenvalue weighted by atomic mass is 19.2. The molecule has 1 fully saturated rings. The summed E-state index contributed by atoms with van der Waals surface area (Å²) in [4.78, 5) is 2.09. The highest BCUT2D eigenvalue weighted by Crippen LogP contribution is 2.20. The smallest absolute Gasteiger partial charge is 0.165 e. The molecule has 0 amide bonds. The molecule has 1 aromatic carbocycles. The molecule has 0 aliphatic carbocycles. The van der Waals surface area contributed by atoms with Crippen molar-refractivity contribution < 1.29 is 22.3 Å². The Labute approximate surface area is 109 Å². The van der Waals surface area contributed by atoms with E-state index in [1.54, 1.807) is 0 Å². The molecule has 1 heterocycles. The van der Waals surface area contributed by atoms with Crippen molar-refractivity contribution in [3.05, 3.63) is 34.9 Å². The molecule has 106 valence electrons. The first-order valence-corrected chi connectivity index (χ1v) is 6.21. The van der Waals surface area contributed by atoms with Gasteiger partial charge >= 0.3 is 0 Å². The first kappa shape index (κ1) is 14.3. The third-order valence-corrected chi connectivity index (χ3v) is 3.21. The minimum absolute atomic E-state index is 0.0241. The van der Waals surface area contributed by atoms with Gasteiger partial charge in [-0.2, -0.15) is 0 Å². The lowest BCUT2D eigenvalue weighted by Crippen LogP contribution is -2.37. The second-order valence-electron chi connectivity index (χ2n) is 4.50. The Kier molecular flexibility index (Phi) is 4.76. The third-order valence-electron chi connectivity index (χ3n) is 3.21. The molecular weight excluding hydrogens is 262 g/mol. The summed E-state index contributed by atoms with van der Waals surface area (Å²) in [5.74, 6) is -5.28. The van der Waals surface area contributed by atoms with Crippen LogP contribution in [-0.2, 0) is 11.2 Å². The summed E-state index contributed by atoms with van der Waals surface area (Å²) < 4.78 is 57.9. The molecule has 0 unspecified atom stereocenters. The standard InChI is InChI=1S/C13H15F4NO/c14-10-8-11(15)13(17)9(12(10)16)2-1-3-18-4-6-19-7-5-18/h8H,1-7H2. The minimum Gasteiger partial charge on any atom is -0.379 e. The van der Waals surface area contributed by atoms with Crippen molar-refractivity contribution in [2.24, 2.45) is 0 Å². The number of ether oxygens (including phenoxy) is 1. The quantitative estimate of drug-likeness (QED) is 0.619. The topological polar surface area (TPSA) is 12.5 Å². The van der Waals surface area contributed by atoms with Gasteiger partial charge in [-0.25, -0.2) is 17.6 Å². The van der Waals surface area contributed by atoms with Crippen LogP contribution in [0.1, 0.15) is 12.0 Å². The Bertz CT molecular complexity index is 421. The number of morpholine rings is 1. The lowest BCUT2D eigenvalue weighted by atomic mass is 10.1. The molecule has 19 heavy (non-hydrogen) atoms. The molecule has 1 aromatic rings. The zero-order chi connectivity index (χ0) is 13.8. The Hall–Kier alpha value is -1.14. The van der Waals surface area contributed by atoms with Gasteiger partial charge in [-0.3, -0.25) is 4.90 Å². The summed E-state index contributed by atoms with van der Waals surface area (Å²) in [5.41, 5.74) is -0.509. The van der Waals surface area contributed by atoms with Crippen LogP contribution in [0.15, 0.2) is 6.07 Å². The number of hydrogen-bond acceptors (Lipinski definition) is 2. The summed E-state index contributed by atoms with van der Waals surface area (Å²) in [6.07, 6.45) is 0.417. The summed E-state index contributed by atoms with van der Waals surface area (Å²) in [6, 6.07) is 0.232. The molecule has 0 saturated carbocycles. The van der Waals surface area contributed by atoms with E-state index >= 15 is 0 Å². The van der Waals surface area contributed by atoms with E-state index in [0.29, 0.717) is 26.2 Å². The molecule has 1 saturated heterocycles. The van der Waals surface area contributed by atoms with Crippen LogP contribution in [0, 0.1) is 23.3 Å². The van der Waals surface area contributed by atoms with Crippen LogP contribution in [0.4, 0.5) is 17.6 Å². The van der Waals surface area contributed by atoms with E-state index in [1.165, 1.54) is 0 Å². The Morgan fingerprint density at radius 3 is 2.16 bits per heavy atom. The Morgan fingerprint density at radius 2 is 1.58 bits per heavy atom. The molecule has 0 bridgehead atoms. The van der Waals surface area contributed by atoms with Crippen LogP contribution in [0.25, 0.3) is 0 Å². The van der Waals surface area contributed by atoms with Gasteiger partial charge in [0, 0.05) is 24.7 Å². The molecule has 2 rings (SSSR count). The summed E-state index contributed by atoms with van der Waals surface area (Å²) in [7, 11) is 0. The van der Waals surface area contributed by atoms with E-state index in [2.05, 4.69) is 4.90 Å². The Morgan fingerprint density at radius 1 is 1.00 bits per heavy atom. The predicted molar refractivity (Wildman–Crippen MR) is 61.9 cm³/mol. The van der Waals surface area contributed by atoms with Gasteiger partial charge in [-0.15, -0.1) is 0 Å². The summed E-state index contributed by atoms with van der Waals surface area (Å²) >= 11 is 0. The van der Waals surface area contributed by atoms with E-state index in [9.17, 15) is 17.6 Å². The van der Waals surface area contributed by atoms with Crippen molar-refractivity contribution in [1.29, 1.82) is 0 Å². The van der Waals surface area contributed by atoms with Crippen molar-refractivity contribution in [1.82, 2.24) is 4.90 Å². The second kappa shape index (κ2) is 6.34. The number of nitrogens with zero attached hydrogens (tertiary/aromatic N) is 1. The fourth-order valence-electron chi connectivity index (χ4n) is 2.15. The van der Waals surface area contributed by atoms with E-state index in [4.69, 9.17) is 4.74 Å². The van der Waals surface area contributed by atoms with Gasteiger partial charge in [0.2, 0.25) is 0 Å². The molecule has 6 heteroatoms. The first-order valence-electron chi connectivity index (χ1n) is 6.21. The normalized spacial score (nSPS) is 16.8. The maximum Gasteiger partial charge on any atom is 0.165 e. The van der Waals surface area contributed by atoms with E-state index < -0.39 is 28.8 Å². The molecule has 1 aliphatic heterocycles. The molecule has 0 N–H and O–H groups in total. The van der Waals surface area contributed by atoms with E-state index in [-0.39, 0.29) is 12.5 Å². The van der Waals surface area contributed by atoms with Crippen LogP contribution in [0.3, 0.4) is 0 Å².